The van der Waals surface area contributed by atoms with Gasteiger partial charge in [-0.05, 0) is 62.4 Å². The van der Waals surface area contributed by atoms with E-state index in [1.807, 2.05) is 37.3 Å². The number of ether oxygens (including phenoxy) is 1. The van der Waals surface area contributed by atoms with Gasteiger partial charge in [0, 0.05) is 36.3 Å². The van der Waals surface area contributed by atoms with Gasteiger partial charge in [0.15, 0.2) is 0 Å². The molecule has 1 aliphatic carbocycles. The lowest BCUT2D eigenvalue weighted by molar-refractivity contribution is -0.127. The topological polar surface area (TPSA) is 87.7 Å². The van der Waals surface area contributed by atoms with E-state index < -0.39 is 0 Å². The number of benzene rings is 2. The number of carbonyl (C=O) groups excluding carboxylic acids is 3. The molecule has 7 nitrogen and oxygen atoms in total. The van der Waals surface area contributed by atoms with Crippen LogP contribution in [0.5, 0.6) is 5.75 Å². The first-order valence-corrected chi connectivity index (χ1v) is 12.6. The minimum absolute atomic E-state index is 0.0322. The van der Waals surface area contributed by atoms with Gasteiger partial charge in [0.2, 0.25) is 5.91 Å². The lowest BCUT2D eigenvalue weighted by atomic mass is 9.88. The number of likely N-dealkylation sites (tertiary alicyclic amines) is 1. The molecular weight excluding hydrogens is 442 g/mol. The first kappa shape index (κ1) is 24.8. The van der Waals surface area contributed by atoms with Crippen molar-refractivity contribution < 1.29 is 19.1 Å². The van der Waals surface area contributed by atoms with Crippen LogP contribution in [0.2, 0.25) is 0 Å². The molecular formula is C28H35N3O4. The van der Waals surface area contributed by atoms with Gasteiger partial charge in [-0.1, -0.05) is 37.1 Å². The van der Waals surface area contributed by atoms with Crippen molar-refractivity contribution in [2.45, 2.75) is 57.5 Å². The fraction of sp³-hybridized carbons (Fsp3) is 0.464. The van der Waals surface area contributed by atoms with E-state index in [1.165, 1.54) is 0 Å². The van der Waals surface area contributed by atoms with Crippen LogP contribution in [0, 0.1) is 12.8 Å². The molecule has 0 aromatic heterocycles. The third-order valence-corrected chi connectivity index (χ3v) is 7.20. The Bertz CT molecular complexity index is 1070. The quantitative estimate of drug-likeness (QED) is 0.664. The molecule has 0 spiro atoms. The van der Waals surface area contributed by atoms with Crippen LogP contribution in [-0.4, -0.2) is 54.9 Å². The summed E-state index contributed by atoms with van der Waals surface area (Å²) < 4.78 is 5.24. The smallest absolute Gasteiger partial charge is 0.254 e. The highest BCUT2D eigenvalue weighted by atomic mass is 16.5. The summed E-state index contributed by atoms with van der Waals surface area (Å²) in [7, 11) is 1.58. The second-order valence-corrected chi connectivity index (χ2v) is 9.62. The predicted molar refractivity (Wildman–Crippen MR) is 134 cm³/mol. The lowest BCUT2D eigenvalue weighted by Crippen LogP contribution is -2.55. The second-order valence-electron chi connectivity index (χ2n) is 9.62. The van der Waals surface area contributed by atoms with Crippen molar-refractivity contribution in [3.05, 3.63) is 65.2 Å². The van der Waals surface area contributed by atoms with Crippen molar-refractivity contribution in [1.82, 2.24) is 15.5 Å². The van der Waals surface area contributed by atoms with E-state index >= 15 is 0 Å². The first-order chi connectivity index (χ1) is 17.0. The van der Waals surface area contributed by atoms with Crippen molar-refractivity contribution >= 4 is 17.7 Å². The molecule has 4 rings (SSSR count). The summed E-state index contributed by atoms with van der Waals surface area (Å²) in [4.78, 5) is 41.0. The standard InChI is InChI=1S/C28H35N3O4/c1-19-9-3-4-13-23(19)27(33)30-25-15-6-5-14-24(25)29-26(32)21-11-8-16-31(18-21)28(34)20-10-7-12-22(17-20)35-2/h3-4,7,9-10,12-13,17,21,24-25H,5-6,8,11,14-16,18H2,1-2H3,(H,29,32)(H,30,33)/t21?,24-,25-/m1/s1. The van der Waals surface area contributed by atoms with E-state index in [-0.39, 0.29) is 35.7 Å². The Balaban J connectivity index is 1.37. The molecule has 2 aromatic rings. The van der Waals surface area contributed by atoms with E-state index in [2.05, 4.69) is 10.6 Å². The third kappa shape index (κ3) is 6.02. The number of aryl methyl sites for hydroxylation is 1. The molecule has 1 saturated carbocycles. The van der Waals surface area contributed by atoms with E-state index in [1.54, 1.807) is 30.2 Å². The number of nitrogens with one attached hydrogen (secondary N) is 2. The average Bonchev–Trinajstić information content (AvgIpc) is 2.89. The Morgan fingerprint density at radius 2 is 1.66 bits per heavy atom. The number of methoxy groups -OCH3 is 1. The molecule has 0 bridgehead atoms. The summed E-state index contributed by atoms with van der Waals surface area (Å²) in [6.45, 7) is 2.96. The van der Waals surface area contributed by atoms with E-state index in [4.69, 9.17) is 4.74 Å². The Labute approximate surface area is 207 Å². The largest absolute Gasteiger partial charge is 0.497 e. The number of rotatable bonds is 6. The number of hydrogen-bond donors (Lipinski definition) is 2. The number of piperidine rings is 1. The summed E-state index contributed by atoms with van der Waals surface area (Å²) in [6, 6.07) is 14.5. The number of nitrogens with zero attached hydrogens (tertiary/aromatic N) is 1. The van der Waals surface area contributed by atoms with E-state index in [0.29, 0.717) is 30.0 Å². The molecule has 2 fully saturated rings. The zero-order valence-electron chi connectivity index (χ0n) is 20.6. The van der Waals surface area contributed by atoms with Crippen LogP contribution in [0.3, 0.4) is 0 Å². The fourth-order valence-electron chi connectivity index (χ4n) is 5.17. The van der Waals surface area contributed by atoms with Gasteiger partial charge in [-0.15, -0.1) is 0 Å². The molecule has 2 aliphatic rings. The molecule has 2 N–H and O–H groups in total. The molecule has 3 amide bonds. The van der Waals surface area contributed by atoms with Gasteiger partial charge in [-0.3, -0.25) is 14.4 Å². The summed E-state index contributed by atoms with van der Waals surface area (Å²) in [5.74, 6) is 0.172. The highest BCUT2D eigenvalue weighted by molar-refractivity contribution is 5.96. The monoisotopic (exact) mass is 477 g/mol. The number of amides is 3. The molecule has 1 unspecified atom stereocenters. The molecule has 2 aromatic carbocycles. The third-order valence-electron chi connectivity index (χ3n) is 7.20. The van der Waals surface area contributed by atoms with Gasteiger partial charge in [0.05, 0.1) is 13.0 Å². The first-order valence-electron chi connectivity index (χ1n) is 12.6. The Morgan fingerprint density at radius 3 is 2.40 bits per heavy atom. The van der Waals surface area contributed by atoms with Crippen molar-refractivity contribution in [3.8, 4) is 5.75 Å². The van der Waals surface area contributed by atoms with Gasteiger partial charge in [0.1, 0.15) is 5.75 Å². The van der Waals surface area contributed by atoms with Crippen molar-refractivity contribution in [1.29, 1.82) is 0 Å². The molecule has 1 aliphatic heterocycles. The molecule has 186 valence electrons. The van der Waals surface area contributed by atoms with Crippen LogP contribution < -0.4 is 15.4 Å². The van der Waals surface area contributed by atoms with Gasteiger partial charge >= 0.3 is 0 Å². The highest BCUT2D eigenvalue weighted by Crippen LogP contribution is 2.24. The van der Waals surface area contributed by atoms with E-state index in [0.717, 1.165) is 44.1 Å². The van der Waals surface area contributed by atoms with Crippen LogP contribution in [0.25, 0.3) is 0 Å². The van der Waals surface area contributed by atoms with Gasteiger partial charge < -0.3 is 20.3 Å². The van der Waals surface area contributed by atoms with Gasteiger partial charge in [-0.2, -0.15) is 0 Å². The highest BCUT2D eigenvalue weighted by Gasteiger charge is 2.33. The molecule has 0 radical (unpaired) electrons. The molecule has 3 atom stereocenters. The predicted octanol–water partition coefficient (Wildman–Crippen LogP) is 3.71. The summed E-state index contributed by atoms with van der Waals surface area (Å²) in [5.41, 5.74) is 2.17. The normalized spacial score (nSPS) is 22.2. The second kappa shape index (κ2) is 11.4. The van der Waals surface area contributed by atoms with Crippen LogP contribution in [0.15, 0.2) is 48.5 Å². The Kier molecular flexibility index (Phi) is 8.06. The lowest BCUT2D eigenvalue weighted by Gasteiger charge is -2.36. The maximum atomic E-state index is 13.2. The van der Waals surface area contributed by atoms with E-state index in [9.17, 15) is 14.4 Å². The van der Waals surface area contributed by atoms with Crippen LogP contribution >= 0.6 is 0 Å². The van der Waals surface area contributed by atoms with Crippen molar-refractivity contribution in [3.63, 3.8) is 0 Å². The zero-order valence-corrected chi connectivity index (χ0v) is 20.6. The van der Waals surface area contributed by atoms with Crippen LogP contribution in [-0.2, 0) is 4.79 Å². The maximum Gasteiger partial charge on any atom is 0.254 e. The molecule has 1 heterocycles. The zero-order chi connectivity index (χ0) is 24.8. The molecule has 7 heteroatoms. The fourth-order valence-corrected chi connectivity index (χ4v) is 5.17. The Morgan fingerprint density at radius 1 is 0.914 bits per heavy atom. The summed E-state index contributed by atoms with van der Waals surface area (Å²) >= 11 is 0. The van der Waals surface area contributed by atoms with Crippen LogP contribution in [0.4, 0.5) is 0 Å². The average molecular weight is 478 g/mol. The van der Waals surface area contributed by atoms with Crippen molar-refractivity contribution in [2.75, 3.05) is 20.2 Å². The number of carbonyl (C=O) groups is 3. The maximum absolute atomic E-state index is 13.2. The van der Waals surface area contributed by atoms with Gasteiger partial charge in [0.25, 0.3) is 11.8 Å². The van der Waals surface area contributed by atoms with Gasteiger partial charge in [-0.25, -0.2) is 0 Å². The van der Waals surface area contributed by atoms with Crippen molar-refractivity contribution in [2.24, 2.45) is 5.92 Å². The Hall–Kier alpha value is -3.35. The molecule has 1 saturated heterocycles. The number of hydrogen-bond acceptors (Lipinski definition) is 4. The summed E-state index contributed by atoms with van der Waals surface area (Å²) in [6.07, 6.45) is 5.26. The SMILES string of the molecule is COc1cccc(C(=O)N2CCCC(C(=O)N[C@@H]3CCCC[C@H]3NC(=O)c3ccccc3C)C2)c1. The minimum Gasteiger partial charge on any atom is -0.497 e. The summed E-state index contributed by atoms with van der Waals surface area (Å²) in [5, 5.41) is 6.38. The molecule has 35 heavy (non-hydrogen) atoms. The minimum atomic E-state index is -0.257. The van der Waals surface area contributed by atoms with Crippen LogP contribution in [0.1, 0.15) is 64.8 Å².